The molecule has 0 aliphatic carbocycles. The van der Waals surface area contributed by atoms with Gasteiger partial charge >= 0.3 is 0 Å². The summed E-state index contributed by atoms with van der Waals surface area (Å²) in [6.45, 7) is 2.08. The highest BCUT2D eigenvalue weighted by Gasteiger charge is 2.11. The number of nitrogens with one attached hydrogen (secondary N) is 1. The zero-order valence-corrected chi connectivity index (χ0v) is 8.99. The molecule has 72 valence electrons. The molecule has 0 spiro atoms. The van der Waals surface area contributed by atoms with E-state index < -0.39 is 0 Å². The molecule has 4 nitrogen and oxygen atoms in total. The first kappa shape index (κ1) is 10.5. The number of nitrogens with two attached hydrogens (primary N) is 1. The van der Waals surface area contributed by atoms with Crippen LogP contribution in [-0.2, 0) is 0 Å². The number of rotatable bonds is 5. The first-order valence-electron chi connectivity index (χ1n) is 3.98. The number of thioether (sulfide) groups is 1. The Morgan fingerprint density at radius 1 is 1.85 bits per heavy atom. The van der Waals surface area contributed by atoms with E-state index in [4.69, 9.17) is 11.1 Å². The van der Waals surface area contributed by atoms with Crippen molar-refractivity contribution in [1.29, 1.82) is 5.41 Å². The van der Waals surface area contributed by atoms with Crippen LogP contribution in [0.4, 0.5) is 0 Å². The zero-order valence-electron chi connectivity index (χ0n) is 7.36. The van der Waals surface area contributed by atoms with Gasteiger partial charge in [-0.25, -0.2) is 0 Å². The molecule has 1 heterocycles. The monoisotopic (exact) mass is 216 g/mol. The summed E-state index contributed by atoms with van der Waals surface area (Å²) in [6, 6.07) is 0. The molecule has 0 amide bonds. The molecule has 0 aromatic carbocycles. The standard InChI is InChI=1S/C7H12N4S2/c1-2-5(3-6(8)9)13-7-11-10-4-12-7/h4-5H,2-3H2,1H3,(H3,8,9). The van der Waals surface area contributed by atoms with E-state index in [1.165, 1.54) is 11.3 Å². The minimum atomic E-state index is 0.240. The van der Waals surface area contributed by atoms with Gasteiger partial charge in [0.25, 0.3) is 0 Å². The summed E-state index contributed by atoms with van der Waals surface area (Å²) in [5.41, 5.74) is 7.05. The van der Waals surface area contributed by atoms with Crippen molar-refractivity contribution < 1.29 is 0 Å². The molecule has 0 radical (unpaired) electrons. The minimum Gasteiger partial charge on any atom is -0.388 e. The molecule has 1 aromatic rings. The van der Waals surface area contributed by atoms with E-state index in [9.17, 15) is 0 Å². The average Bonchev–Trinajstić information content (AvgIpc) is 2.55. The van der Waals surface area contributed by atoms with Crippen molar-refractivity contribution in [3.05, 3.63) is 5.51 Å². The van der Waals surface area contributed by atoms with Crippen LogP contribution in [0.25, 0.3) is 0 Å². The second-order valence-electron chi connectivity index (χ2n) is 2.58. The third kappa shape index (κ3) is 3.73. The van der Waals surface area contributed by atoms with Crippen molar-refractivity contribution in [3.8, 4) is 0 Å². The average molecular weight is 216 g/mol. The fraction of sp³-hybridized carbons (Fsp3) is 0.571. The van der Waals surface area contributed by atoms with Gasteiger partial charge in [-0.05, 0) is 6.42 Å². The number of nitrogens with zero attached hydrogens (tertiary/aromatic N) is 2. The molecule has 0 aliphatic rings. The highest BCUT2D eigenvalue weighted by molar-refractivity contribution is 8.01. The van der Waals surface area contributed by atoms with Crippen molar-refractivity contribution >= 4 is 28.9 Å². The fourth-order valence-electron chi connectivity index (χ4n) is 0.871. The second kappa shape index (κ2) is 5.18. The molecule has 6 heteroatoms. The van der Waals surface area contributed by atoms with Gasteiger partial charge in [0, 0.05) is 11.7 Å². The maximum absolute atomic E-state index is 7.19. The predicted molar refractivity (Wildman–Crippen MR) is 56.4 cm³/mol. The second-order valence-corrected chi connectivity index (χ2v) is 4.96. The van der Waals surface area contributed by atoms with Crippen LogP contribution in [0.5, 0.6) is 0 Å². The first-order valence-corrected chi connectivity index (χ1v) is 5.74. The topological polar surface area (TPSA) is 75.7 Å². The molecular formula is C7H12N4S2. The molecule has 0 fully saturated rings. The molecule has 0 saturated carbocycles. The van der Waals surface area contributed by atoms with Crippen LogP contribution in [-0.4, -0.2) is 21.3 Å². The zero-order chi connectivity index (χ0) is 9.68. The third-order valence-corrected chi connectivity index (χ3v) is 3.69. The van der Waals surface area contributed by atoms with Crippen LogP contribution in [0.2, 0.25) is 0 Å². The molecule has 0 aliphatic heterocycles. The minimum absolute atomic E-state index is 0.240. The quantitative estimate of drug-likeness (QED) is 0.446. The summed E-state index contributed by atoms with van der Waals surface area (Å²) < 4.78 is 0.952. The van der Waals surface area contributed by atoms with Crippen LogP contribution < -0.4 is 5.73 Å². The number of amidine groups is 1. The summed E-state index contributed by atoms with van der Waals surface area (Å²) >= 11 is 3.17. The van der Waals surface area contributed by atoms with Crippen molar-refractivity contribution in [1.82, 2.24) is 10.2 Å². The maximum atomic E-state index is 7.19. The summed E-state index contributed by atoms with van der Waals surface area (Å²) in [5.74, 6) is 0.240. The van der Waals surface area contributed by atoms with Gasteiger partial charge in [-0.1, -0.05) is 30.0 Å². The molecular weight excluding hydrogens is 204 g/mol. The Kier molecular flexibility index (Phi) is 4.17. The summed E-state index contributed by atoms with van der Waals surface area (Å²) in [4.78, 5) is 0. The Hall–Kier alpha value is -0.620. The molecule has 1 rings (SSSR count). The first-order chi connectivity index (χ1) is 6.22. The molecule has 13 heavy (non-hydrogen) atoms. The van der Waals surface area contributed by atoms with Gasteiger partial charge in [-0.15, -0.1) is 10.2 Å². The summed E-state index contributed by atoms with van der Waals surface area (Å²) in [6.07, 6.45) is 1.62. The van der Waals surface area contributed by atoms with E-state index in [1.54, 1.807) is 17.3 Å². The summed E-state index contributed by atoms with van der Waals surface area (Å²) in [5, 5.41) is 15.2. The lowest BCUT2D eigenvalue weighted by molar-refractivity contribution is 0.845. The molecule has 1 aromatic heterocycles. The van der Waals surface area contributed by atoms with Gasteiger partial charge in [0.15, 0.2) is 4.34 Å². The van der Waals surface area contributed by atoms with Crippen molar-refractivity contribution in [2.24, 2.45) is 5.73 Å². The Labute approximate surface area is 85.5 Å². The maximum Gasteiger partial charge on any atom is 0.174 e. The lowest BCUT2D eigenvalue weighted by atomic mass is 10.2. The fourth-order valence-corrected chi connectivity index (χ4v) is 2.72. The van der Waals surface area contributed by atoms with Crippen LogP contribution in [0.3, 0.4) is 0 Å². The van der Waals surface area contributed by atoms with Crippen LogP contribution in [0, 0.1) is 5.41 Å². The SMILES string of the molecule is CCC(CC(=N)N)Sc1nncs1. The van der Waals surface area contributed by atoms with E-state index in [2.05, 4.69) is 17.1 Å². The molecule has 1 atom stereocenters. The number of hydrogen-bond acceptors (Lipinski definition) is 5. The smallest absolute Gasteiger partial charge is 0.174 e. The van der Waals surface area contributed by atoms with E-state index in [-0.39, 0.29) is 5.84 Å². The van der Waals surface area contributed by atoms with E-state index in [1.807, 2.05) is 0 Å². The van der Waals surface area contributed by atoms with Gasteiger partial charge < -0.3 is 5.73 Å². The largest absolute Gasteiger partial charge is 0.388 e. The third-order valence-electron chi connectivity index (χ3n) is 1.51. The molecule has 0 bridgehead atoms. The molecule has 1 unspecified atom stereocenters. The predicted octanol–water partition coefficient (Wildman–Crippen LogP) is 1.73. The Balaban J connectivity index is 2.45. The lowest BCUT2D eigenvalue weighted by Gasteiger charge is -2.10. The molecule has 3 N–H and O–H groups in total. The highest BCUT2D eigenvalue weighted by Crippen LogP contribution is 2.27. The molecule has 0 saturated heterocycles. The van der Waals surface area contributed by atoms with Crippen molar-refractivity contribution in [2.75, 3.05) is 0 Å². The van der Waals surface area contributed by atoms with Crippen molar-refractivity contribution in [3.63, 3.8) is 0 Å². The van der Waals surface area contributed by atoms with E-state index >= 15 is 0 Å². The van der Waals surface area contributed by atoms with E-state index in [0.29, 0.717) is 11.7 Å². The Morgan fingerprint density at radius 2 is 2.62 bits per heavy atom. The Morgan fingerprint density at radius 3 is 3.08 bits per heavy atom. The normalized spacial score (nSPS) is 12.7. The van der Waals surface area contributed by atoms with Crippen LogP contribution in [0.1, 0.15) is 19.8 Å². The van der Waals surface area contributed by atoms with Crippen LogP contribution in [0.15, 0.2) is 9.85 Å². The number of hydrogen-bond donors (Lipinski definition) is 2. The summed E-state index contributed by atoms with van der Waals surface area (Å²) in [7, 11) is 0. The van der Waals surface area contributed by atoms with Crippen molar-refractivity contribution in [2.45, 2.75) is 29.4 Å². The van der Waals surface area contributed by atoms with Crippen LogP contribution >= 0.6 is 23.1 Å². The van der Waals surface area contributed by atoms with E-state index in [0.717, 1.165) is 10.8 Å². The van der Waals surface area contributed by atoms with Gasteiger partial charge in [-0.2, -0.15) is 0 Å². The van der Waals surface area contributed by atoms with Gasteiger partial charge in [0.05, 0.1) is 5.84 Å². The number of aromatic nitrogens is 2. The highest BCUT2D eigenvalue weighted by atomic mass is 32.2. The Bertz CT molecular complexity index is 259. The van der Waals surface area contributed by atoms with Gasteiger partial charge in [-0.3, -0.25) is 5.41 Å². The van der Waals surface area contributed by atoms with Gasteiger partial charge in [0.1, 0.15) is 5.51 Å². The van der Waals surface area contributed by atoms with Gasteiger partial charge in [0.2, 0.25) is 0 Å². The lowest BCUT2D eigenvalue weighted by Crippen LogP contribution is -2.16.